The highest BCUT2D eigenvalue weighted by atomic mass is 79.9. The average Bonchev–Trinajstić information content (AvgIpc) is 2.48. The molecule has 1 fully saturated rings. The van der Waals surface area contributed by atoms with Gasteiger partial charge in [0.05, 0.1) is 6.10 Å². The van der Waals surface area contributed by atoms with Gasteiger partial charge in [0.25, 0.3) is 0 Å². The van der Waals surface area contributed by atoms with Crippen molar-refractivity contribution in [2.45, 2.75) is 44.6 Å². The lowest BCUT2D eigenvalue weighted by molar-refractivity contribution is 0.101. The molecular formula is C14H19BrO. The Balaban J connectivity index is 1.99. The predicted octanol–water partition coefficient (Wildman–Crippen LogP) is 3.93. The molecule has 16 heavy (non-hydrogen) atoms. The molecule has 88 valence electrons. The molecule has 0 spiro atoms. The summed E-state index contributed by atoms with van der Waals surface area (Å²) in [6.07, 6.45) is 6.85. The number of hydrogen-bond acceptors (Lipinski definition) is 1. The zero-order valence-electron chi connectivity index (χ0n) is 9.53. The van der Waals surface area contributed by atoms with Gasteiger partial charge in [-0.2, -0.15) is 0 Å². The third-order valence-corrected chi connectivity index (χ3v) is 4.06. The second-order valence-electron chi connectivity index (χ2n) is 4.80. The molecule has 1 nitrogen and oxygen atoms in total. The van der Waals surface area contributed by atoms with Gasteiger partial charge in [0, 0.05) is 4.47 Å². The average molecular weight is 283 g/mol. The van der Waals surface area contributed by atoms with Crippen LogP contribution in [-0.4, -0.2) is 11.2 Å². The van der Waals surface area contributed by atoms with Crippen LogP contribution in [0.2, 0.25) is 0 Å². The highest BCUT2D eigenvalue weighted by Gasteiger charge is 2.21. The minimum absolute atomic E-state index is 0.0915. The lowest BCUT2D eigenvalue weighted by atomic mass is 9.90. The van der Waals surface area contributed by atoms with Crippen LogP contribution in [0.1, 0.15) is 37.7 Å². The molecule has 1 aliphatic carbocycles. The molecule has 0 aromatic heterocycles. The van der Waals surface area contributed by atoms with E-state index in [9.17, 15) is 5.11 Å². The summed E-state index contributed by atoms with van der Waals surface area (Å²) in [5.41, 5.74) is 1.34. The van der Waals surface area contributed by atoms with Gasteiger partial charge in [-0.25, -0.2) is 0 Å². The smallest absolute Gasteiger partial charge is 0.0571 e. The Kier molecular flexibility index (Phi) is 4.42. The molecule has 1 N–H and O–H groups in total. The van der Waals surface area contributed by atoms with E-state index in [0.29, 0.717) is 5.92 Å². The quantitative estimate of drug-likeness (QED) is 0.815. The van der Waals surface area contributed by atoms with E-state index in [1.807, 2.05) is 0 Å². The minimum Gasteiger partial charge on any atom is -0.393 e. The molecule has 1 saturated carbocycles. The molecule has 2 rings (SSSR count). The van der Waals surface area contributed by atoms with E-state index < -0.39 is 0 Å². The van der Waals surface area contributed by atoms with Crippen LogP contribution in [0.3, 0.4) is 0 Å². The van der Waals surface area contributed by atoms with Crippen LogP contribution < -0.4 is 0 Å². The summed E-state index contributed by atoms with van der Waals surface area (Å²) < 4.78 is 1.12. The second kappa shape index (κ2) is 5.83. The predicted molar refractivity (Wildman–Crippen MR) is 70.4 cm³/mol. The Morgan fingerprint density at radius 2 is 1.75 bits per heavy atom. The van der Waals surface area contributed by atoms with E-state index in [1.165, 1.54) is 31.2 Å². The maximum Gasteiger partial charge on any atom is 0.0571 e. The number of benzene rings is 1. The topological polar surface area (TPSA) is 20.2 Å². The fourth-order valence-corrected chi connectivity index (χ4v) is 2.79. The third-order valence-electron chi connectivity index (χ3n) is 3.53. The summed E-state index contributed by atoms with van der Waals surface area (Å²) in [5.74, 6) is 0.462. The van der Waals surface area contributed by atoms with Gasteiger partial charge in [0.15, 0.2) is 0 Å². The summed E-state index contributed by atoms with van der Waals surface area (Å²) in [6, 6.07) is 8.47. The second-order valence-corrected chi connectivity index (χ2v) is 5.71. The maximum atomic E-state index is 10.1. The fourth-order valence-electron chi connectivity index (χ4n) is 2.53. The van der Waals surface area contributed by atoms with E-state index >= 15 is 0 Å². The first-order chi connectivity index (χ1) is 7.75. The van der Waals surface area contributed by atoms with Crippen LogP contribution in [0.15, 0.2) is 28.7 Å². The van der Waals surface area contributed by atoms with E-state index in [4.69, 9.17) is 0 Å². The molecule has 0 heterocycles. The van der Waals surface area contributed by atoms with Gasteiger partial charge >= 0.3 is 0 Å². The maximum absolute atomic E-state index is 10.1. The van der Waals surface area contributed by atoms with Crippen LogP contribution in [0.5, 0.6) is 0 Å². The zero-order chi connectivity index (χ0) is 11.4. The van der Waals surface area contributed by atoms with Crippen molar-refractivity contribution in [1.29, 1.82) is 0 Å². The zero-order valence-corrected chi connectivity index (χ0v) is 11.1. The first-order valence-electron chi connectivity index (χ1n) is 6.18. The van der Waals surface area contributed by atoms with E-state index in [1.54, 1.807) is 0 Å². The van der Waals surface area contributed by atoms with Crippen molar-refractivity contribution in [2.24, 2.45) is 5.92 Å². The summed E-state index contributed by atoms with van der Waals surface area (Å²) in [5, 5.41) is 10.1. The summed E-state index contributed by atoms with van der Waals surface area (Å²) in [7, 11) is 0. The van der Waals surface area contributed by atoms with Gasteiger partial charge in [-0.3, -0.25) is 0 Å². The minimum atomic E-state index is -0.0915. The number of aliphatic hydroxyl groups is 1. The molecule has 1 aromatic carbocycles. The van der Waals surface area contributed by atoms with Crippen molar-refractivity contribution in [3.8, 4) is 0 Å². The molecule has 1 aromatic rings. The van der Waals surface area contributed by atoms with Gasteiger partial charge in [0.2, 0.25) is 0 Å². The molecule has 0 saturated heterocycles. The monoisotopic (exact) mass is 282 g/mol. The Morgan fingerprint density at radius 1 is 1.06 bits per heavy atom. The van der Waals surface area contributed by atoms with Crippen LogP contribution in [-0.2, 0) is 6.42 Å². The van der Waals surface area contributed by atoms with Crippen molar-refractivity contribution in [2.75, 3.05) is 0 Å². The highest BCUT2D eigenvalue weighted by Crippen LogP contribution is 2.26. The first kappa shape index (κ1) is 12.1. The number of hydrogen-bond donors (Lipinski definition) is 1. The molecule has 0 radical (unpaired) electrons. The number of halogens is 1. The Morgan fingerprint density at radius 3 is 2.50 bits per heavy atom. The van der Waals surface area contributed by atoms with Crippen molar-refractivity contribution >= 4 is 15.9 Å². The van der Waals surface area contributed by atoms with Gasteiger partial charge in [-0.1, -0.05) is 47.3 Å². The first-order valence-corrected chi connectivity index (χ1v) is 6.97. The van der Waals surface area contributed by atoms with Crippen LogP contribution in [0, 0.1) is 5.92 Å². The number of aliphatic hydroxyl groups excluding tert-OH is 1. The highest BCUT2D eigenvalue weighted by molar-refractivity contribution is 9.10. The van der Waals surface area contributed by atoms with Crippen molar-refractivity contribution in [3.63, 3.8) is 0 Å². The Labute approximate surface area is 106 Å². The normalized spacial score (nSPS) is 26.4. The fraction of sp³-hybridized carbons (Fsp3) is 0.571. The molecule has 0 amide bonds. The van der Waals surface area contributed by atoms with Gasteiger partial charge < -0.3 is 5.11 Å². The SMILES string of the molecule is OC1CCCCCC1Cc1ccc(Br)cc1. The largest absolute Gasteiger partial charge is 0.393 e. The van der Waals surface area contributed by atoms with E-state index in [-0.39, 0.29) is 6.10 Å². The lowest BCUT2D eigenvalue weighted by Crippen LogP contribution is -2.20. The van der Waals surface area contributed by atoms with Gasteiger partial charge in [-0.05, 0) is 42.9 Å². The molecule has 0 aliphatic heterocycles. The van der Waals surface area contributed by atoms with Crippen LogP contribution in [0.4, 0.5) is 0 Å². The third kappa shape index (κ3) is 3.33. The van der Waals surface area contributed by atoms with Crippen molar-refractivity contribution < 1.29 is 5.11 Å². The van der Waals surface area contributed by atoms with Gasteiger partial charge in [0.1, 0.15) is 0 Å². The van der Waals surface area contributed by atoms with Gasteiger partial charge in [-0.15, -0.1) is 0 Å². The van der Waals surface area contributed by atoms with E-state index in [2.05, 4.69) is 40.2 Å². The molecule has 2 unspecified atom stereocenters. The lowest BCUT2D eigenvalue weighted by Gasteiger charge is -2.20. The Hall–Kier alpha value is -0.340. The number of rotatable bonds is 2. The standard InChI is InChI=1S/C14H19BrO/c15-13-8-6-11(7-9-13)10-12-4-2-1-3-5-14(12)16/h6-9,12,14,16H,1-5,10H2. The summed E-state index contributed by atoms with van der Waals surface area (Å²) in [4.78, 5) is 0. The summed E-state index contributed by atoms with van der Waals surface area (Å²) in [6.45, 7) is 0. The van der Waals surface area contributed by atoms with E-state index in [0.717, 1.165) is 17.3 Å². The van der Waals surface area contributed by atoms with Crippen molar-refractivity contribution in [1.82, 2.24) is 0 Å². The van der Waals surface area contributed by atoms with Crippen LogP contribution >= 0.6 is 15.9 Å². The molecule has 2 atom stereocenters. The molecular weight excluding hydrogens is 264 g/mol. The molecule has 2 heteroatoms. The summed E-state index contributed by atoms with van der Waals surface area (Å²) >= 11 is 3.45. The molecule has 0 bridgehead atoms. The van der Waals surface area contributed by atoms with Crippen molar-refractivity contribution in [3.05, 3.63) is 34.3 Å². The Bertz CT molecular complexity index is 320. The molecule has 1 aliphatic rings. The van der Waals surface area contributed by atoms with Crippen LogP contribution in [0.25, 0.3) is 0 Å².